The minimum absolute atomic E-state index is 0.0134. The van der Waals surface area contributed by atoms with Crippen molar-refractivity contribution < 1.29 is 24.0 Å². The Morgan fingerprint density at radius 1 is 0.621 bits per heavy atom. The van der Waals surface area contributed by atoms with Crippen LogP contribution in [-0.2, 0) is 35.8 Å². The zero-order valence-corrected chi connectivity index (χ0v) is 50.6. The number of aromatic nitrogens is 1. The largest absolute Gasteiger partial charge is 0.369 e. The van der Waals surface area contributed by atoms with Gasteiger partial charge in [-0.2, -0.15) is 0 Å². The number of aryl methyl sites for hydroxylation is 1. The van der Waals surface area contributed by atoms with Gasteiger partial charge in [0.2, 0.25) is 5.91 Å². The van der Waals surface area contributed by atoms with Gasteiger partial charge in [0, 0.05) is 57.1 Å². The lowest BCUT2D eigenvalue weighted by Crippen LogP contribution is -2.46. The number of likely N-dealkylation sites (tertiary alicyclic amines) is 1. The third kappa shape index (κ3) is 12.5. The van der Waals surface area contributed by atoms with Crippen molar-refractivity contribution in [3.63, 3.8) is 0 Å². The van der Waals surface area contributed by atoms with E-state index in [1.54, 1.807) is 72.4 Å². The molecule has 3 atom stereocenters. The molecule has 1 aliphatic carbocycles. The molecule has 5 aliphatic rings. The normalized spacial score (nSPS) is 21.0. The highest BCUT2D eigenvalue weighted by Gasteiger charge is 2.58. The summed E-state index contributed by atoms with van der Waals surface area (Å²) in [5.74, 6) is 1.07. The molecule has 2 fully saturated rings. The highest BCUT2D eigenvalue weighted by molar-refractivity contribution is 6.30. The Labute approximate surface area is 513 Å². The van der Waals surface area contributed by atoms with Gasteiger partial charge in [0.05, 0.1) is 0 Å². The molecule has 0 spiro atoms. The van der Waals surface area contributed by atoms with Crippen LogP contribution in [0.4, 0.5) is 5.69 Å². The number of nitrogens with one attached hydrogen (secondary N) is 1. The second-order valence-corrected chi connectivity index (χ2v) is 23.9. The lowest BCUT2D eigenvalue weighted by Gasteiger charge is -2.33. The van der Waals surface area contributed by atoms with E-state index in [9.17, 15) is 24.0 Å². The van der Waals surface area contributed by atoms with Crippen molar-refractivity contribution in [1.29, 1.82) is 0 Å². The van der Waals surface area contributed by atoms with Crippen molar-refractivity contribution in [2.45, 2.75) is 76.9 Å². The number of piperidine rings is 1. The summed E-state index contributed by atoms with van der Waals surface area (Å²) in [5, 5.41) is 3.51. The average Bonchev–Trinajstić information content (AvgIpc) is 1.65. The van der Waals surface area contributed by atoms with Crippen LogP contribution in [0.3, 0.4) is 0 Å². The average molecular weight is 1190 g/mol. The van der Waals surface area contributed by atoms with E-state index in [2.05, 4.69) is 71.4 Å². The number of halogens is 1. The number of anilines is 1. The topological polar surface area (TPSA) is 238 Å². The van der Waals surface area contributed by atoms with Gasteiger partial charge in [0.15, 0.2) is 34.5 Å². The van der Waals surface area contributed by atoms with Crippen LogP contribution < -0.4 is 22.5 Å². The quantitative estimate of drug-likeness (QED) is 0.0858. The number of carbonyl (C=O) groups excluding carboxylic acids is 5. The van der Waals surface area contributed by atoms with Crippen molar-refractivity contribution in [2.75, 3.05) is 38.5 Å². The van der Waals surface area contributed by atoms with Crippen LogP contribution in [-0.4, -0.2) is 105 Å². The van der Waals surface area contributed by atoms with Crippen LogP contribution >= 0.6 is 11.6 Å². The molecule has 5 heterocycles. The van der Waals surface area contributed by atoms with E-state index in [4.69, 9.17) is 33.8 Å². The van der Waals surface area contributed by atoms with Gasteiger partial charge in [-0.1, -0.05) is 152 Å². The SMILES string of the molecule is CC(=O)N1CCC(CN2C(=O)C(C)(c3cccc(-c4cccc(C)c4)c3)N=C2N)CC1.CC(C)CN1C(=O)C(c2cccc(-c3cccc(Cl)c3)c2)(C2CC2)N=C1N.CN1C(=O)C(c2ccccc2)(c2cccc(NC(=O)c3ccccn3)c2)N=C1N. The molecule has 446 valence electrons. The Morgan fingerprint density at radius 2 is 1.21 bits per heavy atom. The molecule has 3 unspecified atom stereocenters. The number of hydrogen-bond acceptors (Lipinski definition) is 12. The van der Waals surface area contributed by atoms with Crippen molar-refractivity contribution >= 4 is 64.7 Å². The van der Waals surface area contributed by atoms with Gasteiger partial charge in [0.1, 0.15) is 5.69 Å². The van der Waals surface area contributed by atoms with Crippen LogP contribution in [0.2, 0.25) is 5.02 Å². The molecule has 1 aromatic heterocycles. The first-order valence-electron chi connectivity index (χ1n) is 29.4. The van der Waals surface area contributed by atoms with Gasteiger partial charge >= 0.3 is 0 Å². The van der Waals surface area contributed by atoms with E-state index >= 15 is 0 Å². The third-order valence-corrected chi connectivity index (χ3v) is 17.0. The summed E-state index contributed by atoms with van der Waals surface area (Å²) in [4.78, 5) is 88.7. The molecule has 0 bridgehead atoms. The number of nitrogens with zero attached hydrogens (tertiary/aromatic N) is 8. The maximum absolute atomic E-state index is 13.5. The molecule has 5 amide bonds. The van der Waals surface area contributed by atoms with Crippen molar-refractivity contribution in [1.82, 2.24) is 24.6 Å². The molecule has 87 heavy (non-hydrogen) atoms. The molecule has 12 rings (SSSR count). The fraction of sp³-hybridized carbons (Fsp3) is 0.290. The molecule has 18 heteroatoms. The summed E-state index contributed by atoms with van der Waals surface area (Å²) < 4.78 is 0. The Kier molecular flexibility index (Phi) is 17.6. The second kappa shape index (κ2) is 25.2. The lowest BCUT2D eigenvalue weighted by molar-refractivity contribution is -0.133. The van der Waals surface area contributed by atoms with Gasteiger partial charge in [-0.15, -0.1) is 0 Å². The molecule has 0 radical (unpaired) electrons. The molecule has 4 aliphatic heterocycles. The maximum atomic E-state index is 13.5. The molecule has 1 saturated heterocycles. The van der Waals surface area contributed by atoms with E-state index in [0.717, 1.165) is 72.2 Å². The van der Waals surface area contributed by atoms with Crippen molar-refractivity contribution in [3.05, 3.63) is 215 Å². The van der Waals surface area contributed by atoms with E-state index in [0.29, 0.717) is 58.4 Å². The van der Waals surface area contributed by atoms with Gasteiger partial charge < -0.3 is 27.4 Å². The monoisotopic (exact) mass is 1180 g/mol. The van der Waals surface area contributed by atoms with Crippen molar-refractivity contribution in [3.8, 4) is 22.3 Å². The molecule has 7 N–H and O–H groups in total. The second-order valence-electron chi connectivity index (χ2n) is 23.4. The van der Waals surface area contributed by atoms with Gasteiger partial charge in [-0.25, -0.2) is 15.0 Å². The number of amides is 5. The van der Waals surface area contributed by atoms with Crippen LogP contribution in [0.15, 0.2) is 191 Å². The highest BCUT2D eigenvalue weighted by Crippen LogP contribution is 2.52. The summed E-state index contributed by atoms with van der Waals surface area (Å²) in [6.45, 7) is 12.3. The van der Waals surface area contributed by atoms with E-state index in [1.165, 1.54) is 10.5 Å². The predicted octanol–water partition coefficient (Wildman–Crippen LogP) is 10.1. The number of carbonyl (C=O) groups is 5. The summed E-state index contributed by atoms with van der Waals surface area (Å²) >= 11 is 6.16. The zero-order chi connectivity index (χ0) is 61.8. The Balaban J connectivity index is 0.000000145. The van der Waals surface area contributed by atoms with Crippen molar-refractivity contribution in [2.24, 2.45) is 49.9 Å². The first kappa shape index (κ1) is 60.6. The number of rotatable bonds is 13. The molecule has 17 nitrogen and oxygen atoms in total. The highest BCUT2D eigenvalue weighted by atomic mass is 35.5. The zero-order valence-electron chi connectivity index (χ0n) is 49.9. The third-order valence-electron chi connectivity index (χ3n) is 16.7. The number of benzene rings is 6. The van der Waals surface area contributed by atoms with Gasteiger partial charge in [0.25, 0.3) is 23.6 Å². The van der Waals surface area contributed by atoms with Gasteiger partial charge in [-0.05, 0) is 150 Å². The smallest absolute Gasteiger partial charge is 0.274 e. The molecular formula is C69H73ClN12O5. The maximum Gasteiger partial charge on any atom is 0.274 e. The number of aliphatic imine (C=N–C) groups is 3. The predicted molar refractivity (Wildman–Crippen MR) is 342 cm³/mol. The van der Waals surface area contributed by atoms with E-state index in [1.807, 2.05) is 109 Å². The van der Waals surface area contributed by atoms with E-state index in [-0.39, 0.29) is 47.4 Å². The Hall–Kier alpha value is -9.48. The molecule has 7 aromatic rings. The number of hydrogen-bond donors (Lipinski definition) is 4. The van der Waals surface area contributed by atoms with Gasteiger partial charge in [-0.3, -0.25) is 43.7 Å². The molecular weight excluding hydrogens is 1110 g/mol. The van der Waals surface area contributed by atoms with E-state index < -0.39 is 16.6 Å². The molecule has 1 saturated carbocycles. The molecule has 6 aromatic carbocycles. The fourth-order valence-electron chi connectivity index (χ4n) is 11.9. The van der Waals surface area contributed by atoms with Crippen LogP contribution in [0.25, 0.3) is 22.3 Å². The summed E-state index contributed by atoms with van der Waals surface area (Å²) in [5.41, 5.74) is 24.5. The first-order valence-corrected chi connectivity index (χ1v) is 29.8. The summed E-state index contributed by atoms with van der Waals surface area (Å²) in [7, 11) is 1.60. The van der Waals surface area contributed by atoms with Crippen LogP contribution in [0.5, 0.6) is 0 Å². The van der Waals surface area contributed by atoms with Crippen LogP contribution in [0, 0.1) is 24.7 Å². The number of nitrogens with two attached hydrogens (primary N) is 3. The number of likely N-dealkylation sites (N-methyl/N-ethyl adjacent to an activating group) is 1. The first-order chi connectivity index (χ1) is 41.7. The Bertz CT molecular complexity index is 3840. The fourth-order valence-corrected chi connectivity index (χ4v) is 12.1. The number of guanidine groups is 3. The Morgan fingerprint density at radius 3 is 1.82 bits per heavy atom. The minimum Gasteiger partial charge on any atom is -0.369 e. The summed E-state index contributed by atoms with van der Waals surface area (Å²) in [6, 6.07) is 53.6. The summed E-state index contributed by atoms with van der Waals surface area (Å²) in [6.07, 6.45) is 5.30. The standard InChI is InChI=1S/C25H30N4O2.C22H24ClN3O.C22H19N5O2/c1-17-6-4-7-20(14-17)21-8-5-9-22(15-21)25(3)23(31)29(24(26)27-25)16-19-10-12-28(13-11-19)18(2)30;1-14(2)13-26-20(27)22(17-9-10-17,25-21(26)24)18-7-3-5-15(11-18)16-6-4-8-19(23)12-16;1-27-20(29)22(26-21(27)23,15-8-3-2-4-9-15)16-10-7-11-17(14-16)25-19(28)18-12-5-6-13-24-18/h4-9,14-15,19H,10-13,16H2,1-3H3,(H2,26,27);3-8,11-12,14,17H,9-10,13H2,1-2H3,(H2,24,25);2-14H,1H3,(H2,23,26)(H,25,28). The minimum atomic E-state index is -1.30. The lowest BCUT2D eigenvalue weighted by atomic mass is 9.82. The van der Waals surface area contributed by atoms with Crippen LogP contribution in [0.1, 0.15) is 91.7 Å². The number of pyridine rings is 1.